The zero-order valence-electron chi connectivity index (χ0n) is 10.4. The van der Waals surface area contributed by atoms with Gasteiger partial charge >= 0.3 is 0 Å². The average Bonchev–Trinajstić information content (AvgIpc) is 2.39. The molecule has 1 heterocycles. The van der Waals surface area contributed by atoms with Crippen molar-refractivity contribution in [2.75, 3.05) is 0 Å². The van der Waals surface area contributed by atoms with Gasteiger partial charge in [-0.15, -0.1) is 0 Å². The first-order chi connectivity index (χ1) is 9.08. The van der Waals surface area contributed by atoms with Gasteiger partial charge in [0.15, 0.2) is 0 Å². The monoisotopic (exact) mass is 356 g/mol. The number of hydrogen-bond acceptors (Lipinski definition) is 3. The molecule has 100 valence electrons. The summed E-state index contributed by atoms with van der Waals surface area (Å²) in [6.07, 6.45) is 1.74. The SMILES string of the molecule is CC(N)C(Sc1ncccc1Cl)c1ccc(Br)cc1. The lowest BCUT2D eigenvalue weighted by molar-refractivity contribution is 0.720. The molecule has 0 amide bonds. The molecule has 0 spiro atoms. The van der Waals surface area contributed by atoms with Crippen LogP contribution in [-0.2, 0) is 0 Å². The maximum Gasteiger partial charge on any atom is 0.115 e. The highest BCUT2D eigenvalue weighted by Crippen LogP contribution is 2.39. The van der Waals surface area contributed by atoms with E-state index in [1.165, 1.54) is 5.56 Å². The molecule has 0 aliphatic heterocycles. The molecule has 2 atom stereocenters. The first-order valence-electron chi connectivity index (χ1n) is 5.86. The van der Waals surface area contributed by atoms with E-state index in [2.05, 4.69) is 33.0 Å². The van der Waals surface area contributed by atoms with Crippen LogP contribution in [0.3, 0.4) is 0 Å². The summed E-state index contributed by atoms with van der Waals surface area (Å²) in [6.45, 7) is 2.00. The zero-order valence-corrected chi connectivity index (χ0v) is 13.5. The van der Waals surface area contributed by atoms with Gasteiger partial charge in [-0.25, -0.2) is 4.98 Å². The van der Waals surface area contributed by atoms with Crippen molar-refractivity contribution in [2.45, 2.75) is 23.2 Å². The first kappa shape index (κ1) is 14.9. The van der Waals surface area contributed by atoms with Crippen LogP contribution in [0, 0.1) is 0 Å². The van der Waals surface area contributed by atoms with Gasteiger partial charge in [-0.05, 0) is 36.8 Å². The number of halogens is 2. The van der Waals surface area contributed by atoms with Crippen LogP contribution in [-0.4, -0.2) is 11.0 Å². The number of pyridine rings is 1. The maximum absolute atomic E-state index is 6.15. The lowest BCUT2D eigenvalue weighted by Gasteiger charge is -2.20. The number of aromatic nitrogens is 1. The fourth-order valence-corrected chi connectivity index (χ4v) is 3.28. The Kier molecular flexibility index (Phi) is 5.28. The summed E-state index contributed by atoms with van der Waals surface area (Å²) in [5.74, 6) is 0. The molecule has 2 N–H and O–H groups in total. The lowest BCUT2D eigenvalue weighted by atomic mass is 10.1. The molecule has 0 aliphatic carbocycles. The van der Waals surface area contributed by atoms with Crippen molar-refractivity contribution in [3.8, 4) is 0 Å². The molecule has 0 saturated heterocycles. The van der Waals surface area contributed by atoms with Crippen LogP contribution >= 0.6 is 39.3 Å². The van der Waals surface area contributed by atoms with Gasteiger partial charge in [-0.2, -0.15) is 0 Å². The molecule has 1 aromatic carbocycles. The van der Waals surface area contributed by atoms with Crippen molar-refractivity contribution in [1.82, 2.24) is 4.98 Å². The molecule has 2 unspecified atom stereocenters. The van der Waals surface area contributed by atoms with Crippen molar-refractivity contribution < 1.29 is 0 Å². The van der Waals surface area contributed by atoms with Crippen LogP contribution in [0.1, 0.15) is 17.7 Å². The van der Waals surface area contributed by atoms with Gasteiger partial charge in [0.2, 0.25) is 0 Å². The van der Waals surface area contributed by atoms with Crippen LogP contribution in [0.15, 0.2) is 52.1 Å². The van der Waals surface area contributed by atoms with Crippen molar-refractivity contribution in [3.05, 3.63) is 57.7 Å². The normalized spacial score (nSPS) is 14.1. The standard InChI is InChI=1S/C14H14BrClN2S/c1-9(17)13(10-4-6-11(15)7-5-10)19-14-12(16)3-2-8-18-14/h2-9,13H,17H2,1H3. The molecular weight excluding hydrogens is 344 g/mol. The quantitative estimate of drug-likeness (QED) is 0.808. The number of nitrogens with two attached hydrogens (primary N) is 1. The van der Waals surface area contributed by atoms with Crippen molar-refractivity contribution in [2.24, 2.45) is 5.73 Å². The van der Waals surface area contributed by atoms with Crippen molar-refractivity contribution in [1.29, 1.82) is 0 Å². The molecule has 5 heteroatoms. The Labute approximate surface area is 130 Å². The molecular formula is C14H14BrClN2S. The van der Waals surface area contributed by atoms with Gasteiger partial charge in [-0.3, -0.25) is 0 Å². The molecule has 0 fully saturated rings. The molecule has 19 heavy (non-hydrogen) atoms. The number of thioether (sulfide) groups is 1. The van der Waals surface area contributed by atoms with Gasteiger partial charge in [0.25, 0.3) is 0 Å². The van der Waals surface area contributed by atoms with E-state index >= 15 is 0 Å². The second kappa shape index (κ2) is 6.75. The fourth-order valence-electron chi connectivity index (χ4n) is 1.71. The predicted octanol–water partition coefficient (Wildman–Crippen LogP) is 4.68. The number of hydrogen-bond donors (Lipinski definition) is 1. The Bertz CT molecular complexity index is 545. The highest BCUT2D eigenvalue weighted by molar-refractivity contribution is 9.10. The van der Waals surface area contributed by atoms with E-state index in [1.54, 1.807) is 18.0 Å². The highest BCUT2D eigenvalue weighted by Gasteiger charge is 2.19. The van der Waals surface area contributed by atoms with Gasteiger partial charge in [0.1, 0.15) is 5.03 Å². The summed E-state index contributed by atoms with van der Waals surface area (Å²) >= 11 is 11.2. The molecule has 0 radical (unpaired) electrons. The Balaban J connectivity index is 2.26. The van der Waals surface area contributed by atoms with Crippen LogP contribution < -0.4 is 5.73 Å². The maximum atomic E-state index is 6.15. The third kappa shape index (κ3) is 3.96. The van der Waals surface area contributed by atoms with Gasteiger partial charge in [0.05, 0.1) is 10.3 Å². The minimum absolute atomic E-state index is 0.00393. The number of nitrogens with zero attached hydrogens (tertiary/aromatic N) is 1. The second-order valence-electron chi connectivity index (χ2n) is 4.24. The summed E-state index contributed by atoms with van der Waals surface area (Å²) in [6, 6.07) is 11.9. The summed E-state index contributed by atoms with van der Waals surface area (Å²) < 4.78 is 1.06. The zero-order chi connectivity index (χ0) is 13.8. The molecule has 0 saturated carbocycles. The Morgan fingerprint density at radius 2 is 1.95 bits per heavy atom. The van der Waals surface area contributed by atoms with Gasteiger partial charge in [-0.1, -0.05) is 51.4 Å². The van der Waals surface area contributed by atoms with E-state index in [1.807, 2.05) is 31.2 Å². The third-order valence-corrected chi connectivity index (χ3v) is 5.09. The Hall–Kier alpha value is -0.550. The average molecular weight is 358 g/mol. The van der Waals surface area contributed by atoms with E-state index < -0.39 is 0 Å². The second-order valence-corrected chi connectivity index (χ2v) is 6.69. The van der Waals surface area contributed by atoms with Crippen LogP contribution in [0.4, 0.5) is 0 Å². The largest absolute Gasteiger partial charge is 0.327 e. The smallest absolute Gasteiger partial charge is 0.115 e. The minimum atomic E-state index is 0.00393. The molecule has 0 aliphatic rings. The predicted molar refractivity (Wildman–Crippen MR) is 85.6 cm³/mol. The highest BCUT2D eigenvalue weighted by atomic mass is 79.9. The van der Waals surface area contributed by atoms with Gasteiger partial charge in [0, 0.05) is 16.7 Å². The molecule has 2 aromatic rings. The summed E-state index contributed by atoms with van der Waals surface area (Å²) in [4.78, 5) is 4.31. The number of benzene rings is 1. The Morgan fingerprint density at radius 1 is 1.26 bits per heavy atom. The molecule has 0 bridgehead atoms. The van der Waals surface area contributed by atoms with Crippen LogP contribution in [0.5, 0.6) is 0 Å². The van der Waals surface area contributed by atoms with E-state index in [-0.39, 0.29) is 11.3 Å². The first-order valence-corrected chi connectivity index (χ1v) is 7.91. The number of rotatable bonds is 4. The molecule has 2 nitrogen and oxygen atoms in total. The topological polar surface area (TPSA) is 38.9 Å². The van der Waals surface area contributed by atoms with Crippen molar-refractivity contribution in [3.63, 3.8) is 0 Å². The summed E-state index contributed by atoms with van der Waals surface area (Å²) in [7, 11) is 0. The summed E-state index contributed by atoms with van der Waals surface area (Å²) in [5, 5.41) is 1.60. The van der Waals surface area contributed by atoms with E-state index in [4.69, 9.17) is 17.3 Å². The van der Waals surface area contributed by atoms with Crippen LogP contribution in [0.25, 0.3) is 0 Å². The van der Waals surface area contributed by atoms with Gasteiger partial charge < -0.3 is 5.73 Å². The Morgan fingerprint density at radius 3 is 2.53 bits per heavy atom. The summed E-state index contributed by atoms with van der Waals surface area (Å²) in [5.41, 5.74) is 7.27. The molecule has 2 rings (SSSR count). The lowest BCUT2D eigenvalue weighted by Crippen LogP contribution is -2.22. The van der Waals surface area contributed by atoms with E-state index in [0.29, 0.717) is 5.02 Å². The third-order valence-electron chi connectivity index (χ3n) is 2.64. The fraction of sp³-hybridized carbons (Fsp3) is 0.214. The minimum Gasteiger partial charge on any atom is -0.327 e. The van der Waals surface area contributed by atoms with E-state index in [9.17, 15) is 0 Å². The van der Waals surface area contributed by atoms with Crippen molar-refractivity contribution >= 4 is 39.3 Å². The van der Waals surface area contributed by atoms with Crippen LogP contribution in [0.2, 0.25) is 5.02 Å². The molecule has 1 aromatic heterocycles. The van der Waals surface area contributed by atoms with E-state index in [0.717, 1.165) is 9.50 Å².